The van der Waals surface area contributed by atoms with Gasteiger partial charge >= 0.3 is 0 Å². The van der Waals surface area contributed by atoms with Crippen molar-refractivity contribution in [2.75, 3.05) is 0 Å². The van der Waals surface area contributed by atoms with Gasteiger partial charge in [0, 0.05) is 18.3 Å². The summed E-state index contributed by atoms with van der Waals surface area (Å²) >= 11 is 5.98. The van der Waals surface area contributed by atoms with Crippen molar-refractivity contribution in [1.29, 1.82) is 0 Å². The zero-order valence-corrected chi connectivity index (χ0v) is 15.9. The second kappa shape index (κ2) is 7.89. The van der Waals surface area contributed by atoms with E-state index in [4.69, 9.17) is 11.6 Å². The molecule has 1 N–H and O–H groups in total. The summed E-state index contributed by atoms with van der Waals surface area (Å²) < 4.78 is 17.7. The Morgan fingerprint density at radius 3 is 2.71 bits per heavy atom. The van der Waals surface area contributed by atoms with Gasteiger partial charge in [-0.25, -0.2) is 19.2 Å². The van der Waals surface area contributed by atoms with Crippen LogP contribution >= 0.6 is 11.6 Å². The second-order valence-electron chi connectivity index (χ2n) is 6.36. The van der Waals surface area contributed by atoms with Crippen molar-refractivity contribution in [3.05, 3.63) is 59.0 Å². The number of aryl methyl sites for hydroxylation is 1. The van der Waals surface area contributed by atoms with Gasteiger partial charge in [-0.3, -0.25) is 0 Å². The predicted molar refractivity (Wildman–Crippen MR) is 102 cm³/mol. The standard InChI is InChI=1S/C18H18ClFN8/c1-2-3-4-15-21-18(19)24-28(15)11-12-5-7-13(8-6-12)27-10-9-14(20)16(27)17-22-25-26-23-17/h5-10H,2-4,11H2,1H3,(H,22,23,25,26). The Bertz CT molecular complexity index is 1050. The van der Waals surface area contributed by atoms with Crippen LogP contribution in [0.1, 0.15) is 31.2 Å². The summed E-state index contributed by atoms with van der Waals surface area (Å²) in [4.78, 5) is 4.30. The van der Waals surface area contributed by atoms with Crippen molar-refractivity contribution in [3.63, 3.8) is 0 Å². The van der Waals surface area contributed by atoms with Crippen molar-refractivity contribution < 1.29 is 4.39 Å². The highest BCUT2D eigenvalue weighted by Gasteiger charge is 2.16. The van der Waals surface area contributed by atoms with Crippen LogP contribution in [0.15, 0.2) is 36.5 Å². The molecule has 3 heterocycles. The molecule has 0 aliphatic carbocycles. The summed E-state index contributed by atoms with van der Waals surface area (Å²) in [5, 5.41) is 18.0. The molecule has 0 bridgehead atoms. The number of unbranched alkanes of at least 4 members (excludes halogenated alkanes) is 1. The van der Waals surface area contributed by atoms with E-state index in [0.717, 1.165) is 36.3 Å². The number of H-pyrrole nitrogens is 1. The summed E-state index contributed by atoms with van der Waals surface area (Å²) in [6.07, 6.45) is 4.59. The predicted octanol–water partition coefficient (Wildman–Crippen LogP) is 3.43. The van der Waals surface area contributed by atoms with Gasteiger partial charge in [0.15, 0.2) is 11.6 Å². The number of aromatic amines is 1. The number of nitrogens with zero attached hydrogens (tertiary/aromatic N) is 7. The summed E-state index contributed by atoms with van der Waals surface area (Å²) in [5.74, 6) is 0.744. The molecule has 28 heavy (non-hydrogen) atoms. The molecule has 0 unspecified atom stereocenters. The number of hydrogen-bond donors (Lipinski definition) is 1. The van der Waals surface area contributed by atoms with Gasteiger partial charge < -0.3 is 4.57 Å². The smallest absolute Gasteiger partial charge is 0.242 e. The van der Waals surface area contributed by atoms with Crippen LogP contribution in [0.25, 0.3) is 17.2 Å². The molecular weight excluding hydrogens is 383 g/mol. The van der Waals surface area contributed by atoms with Gasteiger partial charge in [0.05, 0.1) is 6.54 Å². The first kappa shape index (κ1) is 18.3. The van der Waals surface area contributed by atoms with Crippen molar-refractivity contribution in [2.24, 2.45) is 0 Å². The Morgan fingerprint density at radius 1 is 1.18 bits per heavy atom. The number of tetrazole rings is 1. The SMILES string of the molecule is CCCCc1nc(Cl)nn1Cc1ccc(-n2ccc(F)c2-c2nnn[nH]2)cc1. The van der Waals surface area contributed by atoms with Crippen LogP contribution in [0.3, 0.4) is 0 Å². The minimum atomic E-state index is -0.402. The molecule has 0 atom stereocenters. The van der Waals surface area contributed by atoms with E-state index in [2.05, 4.69) is 37.6 Å². The lowest BCUT2D eigenvalue weighted by molar-refractivity contribution is 0.618. The average molecular weight is 401 g/mol. The lowest BCUT2D eigenvalue weighted by atomic mass is 10.2. The lowest BCUT2D eigenvalue weighted by Gasteiger charge is -2.09. The van der Waals surface area contributed by atoms with Gasteiger partial charge in [-0.1, -0.05) is 25.5 Å². The lowest BCUT2D eigenvalue weighted by Crippen LogP contribution is -2.07. The second-order valence-corrected chi connectivity index (χ2v) is 6.69. The van der Waals surface area contributed by atoms with E-state index >= 15 is 0 Å². The Morgan fingerprint density at radius 2 is 2.00 bits per heavy atom. The van der Waals surface area contributed by atoms with Gasteiger partial charge in [0.2, 0.25) is 5.28 Å². The Labute approximate surface area is 165 Å². The number of benzene rings is 1. The van der Waals surface area contributed by atoms with Crippen LogP contribution in [0, 0.1) is 5.82 Å². The number of rotatable bonds is 7. The van der Waals surface area contributed by atoms with Crippen LogP contribution in [-0.2, 0) is 13.0 Å². The summed E-state index contributed by atoms with van der Waals surface area (Å²) in [5.41, 5.74) is 2.11. The summed E-state index contributed by atoms with van der Waals surface area (Å²) in [6, 6.07) is 9.13. The number of halogens is 2. The first-order valence-electron chi connectivity index (χ1n) is 8.95. The molecule has 0 saturated heterocycles. The van der Waals surface area contributed by atoms with Crippen molar-refractivity contribution in [2.45, 2.75) is 32.7 Å². The van der Waals surface area contributed by atoms with Crippen LogP contribution in [0.2, 0.25) is 5.28 Å². The van der Waals surface area contributed by atoms with Gasteiger partial charge in [0.25, 0.3) is 0 Å². The molecule has 4 aromatic rings. The number of aromatic nitrogens is 8. The van der Waals surface area contributed by atoms with Crippen LogP contribution in [0.5, 0.6) is 0 Å². The quantitative estimate of drug-likeness (QED) is 0.513. The minimum Gasteiger partial charge on any atom is -0.311 e. The van der Waals surface area contributed by atoms with Crippen LogP contribution in [0.4, 0.5) is 4.39 Å². The monoisotopic (exact) mass is 400 g/mol. The Kier molecular flexibility index (Phi) is 5.16. The van der Waals surface area contributed by atoms with E-state index in [0.29, 0.717) is 6.54 Å². The highest BCUT2D eigenvalue weighted by atomic mass is 35.5. The van der Waals surface area contributed by atoms with Crippen molar-refractivity contribution in [1.82, 2.24) is 40.0 Å². The van der Waals surface area contributed by atoms with Crippen LogP contribution in [-0.4, -0.2) is 40.0 Å². The summed E-state index contributed by atoms with van der Waals surface area (Å²) in [7, 11) is 0. The molecule has 0 aliphatic rings. The third-order valence-electron chi connectivity index (χ3n) is 4.43. The molecule has 0 aliphatic heterocycles. The highest BCUT2D eigenvalue weighted by molar-refractivity contribution is 6.28. The maximum Gasteiger partial charge on any atom is 0.242 e. The first-order chi connectivity index (χ1) is 13.7. The molecule has 10 heteroatoms. The molecule has 0 saturated carbocycles. The minimum absolute atomic E-state index is 0.260. The highest BCUT2D eigenvalue weighted by Crippen LogP contribution is 2.24. The van der Waals surface area contributed by atoms with E-state index in [1.165, 1.54) is 6.07 Å². The Balaban J connectivity index is 1.58. The van der Waals surface area contributed by atoms with Gasteiger partial charge in [-0.15, -0.1) is 10.2 Å². The fourth-order valence-corrected chi connectivity index (χ4v) is 3.22. The molecule has 8 nitrogen and oxygen atoms in total. The van der Waals surface area contributed by atoms with Gasteiger partial charge in [-0.05, 0) is 52.2 Å². The van der Waals surface area contributed by atoms with Crippen molar-refractivity contribution >= 4 is 11.6 Å². The third kappa shape index (κ3) is 3.65. The number of hydrogen-bond acceptors (Lipinski definition) is 5. The van der Waals surface area contributed by atoms with E-state index in [-0.39, 0.29) is 16.8 Å². The summed E-state index contributed by atoms with van der Waals surface area (Å²) in [6.45, 7) is 2.70. The molecule has 0 spiro atoms. The third-order valence-corrected chi connectivity index (χ3v) is 4.59. The van der Waals surface area contributed by atoms with Crippen LogP contribution < -0.4 is 0 Å². The van der Waals surface area contributed by atoms with E-state index < -0.39 is 5.82 Å². The average Bonchev–Trinajstić information content (AvgIpc) is 3.41. The van der Waals surface area contributed by atoms with E-state index in [1.54, 1.807) is 10.8 Å². The fourth-order valence-electron chi connectivity index (χ4n) is 3.04. The fraction of sp³-hybridized carbons (Fsp3) is 0.278. The molecule has 144 valence electrons. The van der Waals surface area contributed by atoms with E-state index in [1.807, 2.05) is 28.9 Å². The zero-order chi connectivity index (χ0) is 19.5. The molecule has 0 fully saturated rings. The van der Waals surface area contributed by atoms with Gasteiger partial charge in [0.1, 0.15) is 11.5 Å². The largest absolute Gasteiger partial charge is 0.311 e. The molecule has 1 aromatic carbocycles. The Hall–Kier alpha value is -3.07. The molecule has 4 rings (SSSR count). The molecule has 0 amide bonds. The molecular formula is C18H18ClFN8. The normalized spacial score (nSPS) is 11.2. The zero-order valence-electron chi connectivity index (χ0n) is 15.2. The first-order valence-corrected chi connectivity index (χ1v) is 9.33. The molecule has 3 aromatic heterocycles. The maximum absolute atomic E-state index is 14.2. The van der Waals surface area contributed by atoms with Gasteiger partial charge in [-0.2, -0.15) is 0 Å². The molecule has 0 radical (unpaired) electrons. The van der Waals surface area contributed by atoms with E-state index in [9.17, 15) is 4.39 Å². The maximum atomic E-state index is 14.2. The van der Waals surface area contributed by atoms with Crippen molar-refractivity contribution in [3.8, 4) is 17.2 Å². The number of nitrogens with one attached hydrogen (secondary N) is 1. The topological polar surface area (TPSA) is 90.1 Å².